The van der Waals surface area contributed by atoms with Gasteiger partial charge >= 0.3 is 0 Å². The fourth-order valence-corrected chi connectivity index (χ4v) is 2.11. The van der Waals surface area contributed by atoms with Crippen LogP contribution < -0.4 is 5.32 Å². The van der Waals surface area contributed by atoms with Crippen molar-refractivity contribution in [1.82, 2.24) is 10.3 Å². The molecule has 0 spiro atoms. The molecule has 0 amide bonds. The number of hydrogen-bond donors (Lipinski definition) is 1. The second-order valence-electron chi connectivity index (χ2n) is 4.67. The van der Waals surface area contributed by atoms with E-state index in [0.717, 1.165) is 24.4 Å². The van der Waals surface area contributed by atoms with Gasteiger partial charge in [-0.3, -0.25) is 4.98 Å². The van der Waals surface area contributed by atoms with Crippen molar-refractivity contribution in [3.63, 3.8) is 0 Å². The van der Waals surface area contributed by atoms with E-state index in [1.54, 1.807) is 0 Å². The molecule has 2 heterocycles. The molecule has 3 rings (SSSR count). The molecule has 0 aliphatic heterocycles. The highest BCUT2D eigenvalue weighted by molar-refractivity contribution is 5.80. The zero-order valence-electron chi connectivity index (χ0n) is 10.9. The van der Waals surface area contributed by atoms with Crippen LogP contribution >= 0.6 is 0 Å². The van der Waals surface area contributed by atoms with Crippen LogP contribution in [0.3, 0.4) is 0 Å². The second-order valence-corrected chi connectivity index (χ2v) is 4.67. The molecule has 0 unspecified atom stereocenters. The summed E-state index contributed by atoms with van der Waals surface area (Å²) in [6.07, 6.45) is 3.74. The Hall–Kier alpha value is -2.13. The van der Waals surface area contributed by atoms with Gasteiger partial charge in [0.15, 0.2) is 0 Å². The van der Waals surface area contributed by atoms with Crippen LogP contribution in [-0.2, 0) is 13.1 Å². The lowest BCUT2D eigenvalue weighted by molar-refractivity contribution is 0.602. The van der Waals surface area contributed by atoms with Crippen LogP contribution in [-0.4, -0.2) is 4.98 Å². The van der Waals surface area contributed by atoms with E-state index in [2.05, 4.69) is 22.4 Å². The van der Waals surface area contributed by atoms with Gasteiger partial charge in [-0.1, -0.05) is 24.3 Å². The third-order valence-electron chi connectivity index (χ3n) is 3.18. The van der Waals surface area contributed by atoms with Gasteiger partial charge in [-0.2, -0.15) is 0 Å². The standard InChI is InChI=1S/C16H16N2O/c1-12-6-7-13(9-18-12)8-17-10-14-11-19-16-5-3-2-4-15(14)16/h2-7,9,11,17H,8,10H2,1H3. The number of pyridine rings is 1. The normalized spacial score (nSPS) is 11.0. The second kappa shape index (κ2) is 5.24. The zero-order valence-corrected chi connectivity index (χ0v) is 10.9. The first-order valence-electron chi connectivity index (χ1n) is 6.40. The highest BCUT2D eigenvalue weighted by Gasteiger charge is 2.04. The quantitative estimate of drug-likeness (QED) is 0.773. The van der Waals surface area contributed by atoms with Crippen LogP contribution in [0.5, 0.6) is 0 Å². The molecule has 3 nitrogen and oxygen atoms in total. The maximum absolute atomic E-state index is 5.52. The molecule has 2 aromatic heterocycles. The molecule has 3 aromatic rings. The van der Waals surface area contributed by atoms with Gasteiger partial charge in [0.05, 0.1) is 6.26 Å². The molecule has 0 saturated heterocycles. The van der Waals surface area contributed by atoms with Crippen LogP contribution in [0.1, 0.15) is 16.8 Å². The van der Waals surface area contributed by atoms with Gasteiger partial charge in [-0.15, -0.1) is 0 Å². The fourth-order valence-electron chi connectivity index (χ4n) is 2.11. The Balaban J connectivity index is 1.65. The molecule has 1 aromatic carbocycles. The number of rotatable bonds is 4. The molecule has 0 aliphatic carbocycles. The molecule has 0 atom stereocenters. The van der Waals surface area contributed by atoms with Crippen molar-refractivity contribution in [1.29, 1.82) is 0 Å². The monoisotopic (exact) mass is 252 g/mol. The van der Waals surface area contributed by atoms with E-state index < -0.39 is 0 Å². The lowest BCUT2D eigenvalue weighted by Crippen LogP contribution is -2.12. The predicted molar refractivity (Wildman–Crippen MR) is 75.7 cm³/mol. The zero-order chi connectivity index (χ0) is 13.1. The summed E-state index contributed by atoms with van der Waals surface area (Å²) in [5.41, 5.74) is 4.37. The van der Waals surface area contributed by atoms with Crippen LogP contribution in [0.2, 0.25) is 0 Å². The lowest BCUT2D eigenvalue weighted by atomic mass is 10.2. The van der Waals surface area contributed by atoms with Gasteiger partial charge in [0.2, 0.25) is 0 Å². The molecule has 96 valence electrons. The van der Waals surface area contributed by atoms with Crippen molar-refractivity contribution < 1.29 is 4.42 Å². The minimum absolute atomic E-state index is 0.797. The van der Waals surface area contributed by atoms with E-state index >= 15 is 0 Å². The maximum atomic E-state index is 5.52. The third kappa shape index (κ3) is 2.66. The highest BCUT2D eigenvalue weighted by atomic mass is 16.3. The smallest absolute Gasteiger partial charge is 0.134 e. The minimum atomic E-state index is 0.797. The Bertz CT molecular complexity index is 671. The summed E-state index contributed by atoms with van der Waals surface area (Å²) in [6.45, 7) is 3.60. The number of nitrogens with zero attached hydrogens (tertiary/aromatic N) is 1. The Morgan fingerprint density at radius 2 is 2.00 bits per heavy atom. The molecule has 0 bridgehead atoms. The Labute approximate surface area is 112 Å². The first-order chi connectivity index (χ1) is 9.33. The number of benzene rings is 1. The van der Waals surface area contributed by atoms with E-state index in [0.29, 0.717) is 0 Å². The van der Waals surface area contributed by atoms with Crippen molar-refractivity contribution in [3.8, 4) is 0 Å². The summed E-state index contributed by atoms with van der Waals surface area (Å²) in [6, 6.07) is 12.2. The van der Waals surface area contributed by atoms with Crippen molar-refractivity contribution in [2.45, 2.75) is 20.0 Å². The van der Waals surface area contributed by atoms with Gasteiger partial charge in [-0.25, -0.2) is 0 Å². The topological polar surface area (TPSA) is 38.1 Å². The van der Waals surface area contributed by atoms with E-state index in [9.17, 15) is 0 Å². The number of aromatic nitrogens is 1. The van der Waals surface area contributed by atoms with Gasteiger partial charge < -0.3 is 9.73 Å². The van der Waals surface area contributed by atoms with Crippen molar-refractivity contribution in [2.24, 2.45) is 0 Å². The minimum Gasteiger partial charge on any atom is -0.464 e. The fraction of sp³-hybridized carbons (Fsp3) is 0.188. The molecule has 3 heteroatoms. The SMILES string of the molecule is Cc1ccc(CNCc2coc3ccccc23)cn1. The molecule has 1 N–H and O–H groups in total. The van der Waals surface area contributed by atoms with Crippen LogP contribution in [0.15, 0.2) is 53.3 Å². The summed E-state index contributed by atoms with van der Waals surface area (Å²) in [5.74, 6) is 0. The maximum Gasteiger partial charge on any atom is 0.134 e. The Kier molecular flexibility index (Phi) is 3.29. The first kappa shape index (κ1) is 11.9. The number of para-hydroxylation sites is 1. The third-order valence-corrected chi connectivity index (χ3v) is 3.18. The van der Waals surface area contributed by atoms with Crippen LogP contribution in [0.4, 0.5) is 0 Å². The molecule has 0 aliphatic rings. The molecule has 0 fully saturated rings. The van der Waals surface area contributed by atoms with Gasteiger partial charge in [0.1, 0.15) is 5.58 Å². The Morgan fingerprint density at radius 3 is 2.84 bits per heavy atom. The molecular formula is C16H16N2O. The number of hydrogen-bond acceptors (Lipinski definition) is 3. The van der Waals surface area contributed by atoms with Crippen LogP contribution in [0.25, 0.3) is 11.0 Å². The summed E-state index contributed by atoms with van der Waals surface area (Å²) in [7, 11) is 0. The van der Waals surface area contributed by atoms with E-state index in [4.69, 9.17) is 4.42 Å². The van der Waals surface area contributed by atoms with E-state index in [1.165, 1.54) is 16.5 Å². The predicted octanol–water partition coefficient (Wildman–Crippen LogP) is 3.43. The summed E-state index contributed by atoms with van der Waals surface area (Å²) in [4.78, 5) is 4.29. The average Bonchev–Trinajstić information content (AvgIpc) is 2.85. The number of fused-ring (bicyclic) bond motifs is 1. The number of nitrogens with one attached hydrogen (secondary N) is 1. The molecule has 19 heavy (non-hydrogen) atoms. The summed E-state index contributed by atoms with van der Waals surface area (Å²) < 4.78 is 5.52. The van der Waals surface area contributed by atoms with Gasteiger partial charge in [0.25, 0.3) is 0 Å². The van der Waals surface area contributed by atoms with Crippen molar-refractivity contribution >= 4 is 11.0 Å². The summed E-state index contributed by atoms with van der Waals surface area (Å²) >= 11 is 0. The Morgan fingerprint density at radius 1 is 1.11 bits per heavy atom. The molecule has 0 saturated carbocycles. The van der Waals surface area contributed by atoms with E-state index in [1.807, 2.05) is 43.6 Å². The van der Waals surface area contributed by atoms with E-state index in [-0.39, 0.29) is 0 Å². The molecule has 0 radical (unpaired) electrons. The number of aryl methyl sites for hydroxylation is 1. The molecular weight excluding hydrogens is 236 g/mol. The first-order valence-corrected chi connectivity index (χ1v) is 6.40. The largest absolute Gasteiger partial charge is 0.464 e. The highest BCUT2D eigenvalue weighted by Crippen LogP contribution is 2.20. The van der Waals surface area contributed by atoms with Crippen molar-refractivity contribution in [3.05, 3.63) is 65.7 Å². The van der Waals surface area contributed by atoms with Crippen LogP contribution in [0, 0.1) is 6.92 Å². The summed E-state index contributed by atoms with van der Waals surface area (Å²) in [5, 5.41) is 4.59. The average molecular weight is 252 g/mol. The van der Waals surface area contributed by atoms with Crippen molar-refractivity contribution in [2.75, 3.05) is 0 Å². The number of furan rings is 1. The lowest BCUT2D eigenvalue weighted by Gasteiger charge is -2.03. The van der Waals surface area contributed by atoms with Gasteiger partial charge in [0, 0.05) is 35.9 Å². The van der Waals surface area contributed by atoms with Gasteiger partial charge in [-0.05, 0) is 24.6 Å².